The van der Waals surface area contributed by atoms with Gasteiger partial charge < -0.3 is 9.64 Å². The number of hydrogen-bond donors (Lipinski definition) is 0. The van der Waals surface area contributed by atoms with Crippen LogP contribution in [0.5, 0.6) is 0 Å². The summed E-state index contributed by atoms with van der Waals surface area (Å²) < 4.78 is 5.46. The lowest BCUT2D eigenvalue weighted by atomic mass is 10.1. The third-order valence-electron chi connectivity index (χ3n) is 4.16. The van der Waals surface area contributed by atoms with E-state index in [2.05, 4.69) is 9.98 Å². The van der Waals surface area contributed by atoms with Crippen molar-refractivity contribution in [3.63, 3.8) is 0 Å². The molecule has 1 aliphatic rings. The van der Waals surface area contributed by atoms with Crippen LogP contribution in [-0.4, -0.2) is 33.8 Å². The van der Waals surface area contributed by atoms with Crippen LogP contribution in [0.4, 0.5) is 10.6 Å². The van der Waals surface area contributed by atoms with Crippen LogP contribution in [0.25, 0.3) is 0 Å². The molecule has 0 bridgehead atoms. The number of rotatable bonds is 2. The third kappa shape index (κ3) is 4.48. The van der Waals surface area contributed by atoms with E-state index in [9.17, 15) is 4.79 Å². The molecular weight excluding hydrogens is 326 g/mol. The van der Waals surface area contributed by atoms with Crippen molar-refractivity contribution in [3.05, 3.63) is 59.3 Å². The predicted molar refractivity (Wildman–Crippen MR) is 103 cm³/mol. The summed E-state index contributed by atoms with van der Waals surface area (Å²) in [4.78, 5) is 23.3. The lowest BCUT2D eigenvalue weighted by Crippen LogP contribution is -2.40. The molecule has 0 atom stereocenters. The zero-order chi connectivity index (χ0) is 18.7. The van der Waals surface area contributed by atoms with Gasteiger partial charge in [0.25, 0.3) is 0 Å². The normalized spacial score (nSPS) is 14.8. The molecule has 5 heteroatoms. The van der Waals surface area contributed by atoms with Gasteiger partial charge in [0.15, 0.2) is 5.82 Å². The number of aliphatic imine (C=N–C) groups is 1. The fraction of sp³-hybridized carbons (Fsp3) is 0.381. The first kappa shape index (κ1) is 18.1. The fourth-order valence-corrected chi connectivity index (χ4v) is 2.86. The van der Waals surface area contributed by atoms with Crippen molar-refractivity contribution < 1.29 is 9.53 Å². The van der Waals surface area contributed by atoms with Gasteiger partial charge in [-0.1, -0.05) is 36.4 Å². The third-order valence-corrected chi connectivity index (χ3v) is 4.16. The highest BCUT2D eigenvalue weighted by atomic mass is 16.6. The van der Waals surface area contributed by atoms with E-state index in [1.54, 1.807) is 4.90 Å². The number of hydrogen-bond acceptors (Lipinski definition) is 4. The summed E-state index contributed by atoms with van der Waals surface area (Å²) in [5.74, 6) is 0.704. The molecule has 0 saturated carbocycles. The highest BCUT2D eigenvalue weighted by Gasteiger charge is 2.26. The largest absolute Gasteiger partial charge is 0.444 e. The van der Waals surface area contributed by atoms with Crippen molar-refractivity contribution in [1.82, 2.24) is 9.88 Å². The molecular formula is C21H25N3O2. The zero-order valence-corrected chi connectivity index (χ0v) is 15.8. The van der Waals surface area contributed by atoms with Crippen molar-refractivity contribution in [1.29, 1.82) is 0 Å². The number of carbonyl (C=O) groups excluding carboxylic acids is 1. The molecule has 1 aromatic heterocycles. The SMILES string of the molecule is CC(=Nc1ccc2c(n1)CCN(C(=O)OC(C)(C)C)C2)c1ccccc1. The Balaban J connectivity index is 1.74. The second-order valence-electron chi connectivity index (χ2n) is 7.49. The van der Waals surface area contributed by atoms with E-state index in [-0.39, 0.29) is 6.09 Å². The molecule has 0 unspecified atom stereocenters. The second kappa shape index (κ2) is 7.28. The number of benzene rings is 1. The maximum absolute atomic E-state index is 12.3. The number of carbonyl (C=O) groups is 1. The minimum atomic E-state index is -0.483. The Labute approximate surface area is 154 Å². The van der Waals surface area contributed by atoms with Crippen molar-refractivity contribution in [2.75, 3.05) is 6.54 Å². The Kier molecular flexibility index (Phi) is 5.07. The van der Waals surface area contributed by atoms with E-state index in [0.29, 0.717) is 25.3 Å². The number of aromatic nitrogens is 1. The molecule has 0 saturated heterocycles. The number of nitrogens with zero attached hydrogens (tertiary/aromatic N) is 3. The molecule has 1 amide bonds. The number of amides is 1. The lowest BCUT2D eigenvalue weighted by Gasteiger charge is -2.30. The van der Waals surface area contributed by atoms with Gasteiger partial charge in [-0.05, 0) is 44.9 Å². The highest BCUT2D eigenvalue weighted by molar-refractivity contribution is 5.99. The van der Waals surface area contributed by atoms with Crippen LogP contribution >= 0.6 is 0 Å². The molecule has 1 aromatic carbocycles. The summed E-state index contributed by atoms with van der Waals surface area (Å²) in [5, 5.41) is 0. The van der Waals surface area contributed by atoms with Gasteiger partial charge in [-0.25, -0.2) is 14.8 Å². The van der Waals surface area contributed by atoms with Crippen molar-refractivity contribution >= 4 is 17.6 Å². The van der Waals surface area contributed by atoms with Crippen LogP contribution in [0.3, 0.4) is 0 Å². The smallest absolute Gasteiger partial charge is 0.410 e. The summed E-state index contributed by atoms with van der Waals surface area (Å²) in [5.41, 5.74) is 3.60. The van der Waals surface area contributed by atoms with Gasteiger partial charge in [-0.2, -0.15) is 0 Å². The van der Waals surface area contributed by atoms with Gasteiger partial charge in [0.1, 0.15) is 5.60 Å². The first-order valence-corrected chi connectivity index (χ1v) is 8.89. The Morgan fingerprint density at radius 3 is 2.58 bits per heavy atom. The maximum atomic E-state index is 12.3. The van der Waals surface area contributed by atoms with E-state index in [1.807, 2.05) is 70.2 Å². The van der Waals surface area contributed by atoms with Gasteiger partial charge >= 0.3 is 6.09 Å². The van der Waals surface area contributed by atoms with Crippen molar-refractivity contribution in [2.45, 2.75) is 46.3 Å². The Morgan fingerprint density at radius 1 is 1.15 bits per heavy atom. The second-order valence-corrected chi connectivity index (χ2v) is 7.49. The standard InChI is InChI=1S/C21H25N3O2/c1-15(16-8-6-5-7-9-16)22-19-11-10-17-14-24(13-12-18(17)23-19)20(25)26-21(2,3)4/h5-11H,12-14H2,1-4H3. The molecule has 5 nitrogen and oxygen atoms in total. The van der Waals surface area contributed by atoms with Crippen molar-refractivity contribution in [2.24, 2.45) is 4.99 Å². The van der Waals surface area contributed by atoms with Crippen LogP contribution in [0, 0.1) is 0 Å². The van der Waals surface area contributed by atoms with Crippen LogP contribution in [0.15, 0.2) is 47.5 Å². The van der Waals surface area contributed by atoms with Gasteiger partial charge in [0.2, 0.25) is 0 Å². The van der Waals surface area contributed by atoms with Gasteiger partial charge in [0, 0.05) is 24.4 Å². The van der Waals surface area contributed by atoms with Gasteiger partial charge in [0.05, 0.1) is 6.54 Å². The Bertz CT molecular complexity index is 823. The molecule has 3 rings (SSSR count). The summed E-state index contributed by atoms with van der Waals surface area (Å²) in [6, 6.07) is 14.0. The molecule has 2 aromatic rings. The summed E-state index contributed by atoms with van der Waals surface area (Å²) in [7, 11) is 0. The van der Waals surface area contributed by atoms with E-state index in [1.165, 1.54) is 0 Å². The molecule has 0 spiro atoms. The van der Waals surface area contributed by atoms with E-state index >= 15 is 0 Å². The Morgan fingerprint density at radius 2 is 1.88 bits per heavy atom. The van der Waals surface area contributed by atoms with Crippen LogP contribution in [0.1, 0.15) is 44.5 Å². The van der Waals surface area contributed by atoms with Crippen LogP contribution in [0.2, 0.25) is 0 Å². The van der Waals surface area contributed by atoms with E-state index in [0.717, 1.165) is 22.5 Å². The number of pyridine rings is 1. The topological polar surface area (TPSA) is 54.8 Å². The molecule has 0 fully saturated rings. The van der Waals surface area contributed by atoms with E-state index in [4.69, 9.17) is 4.74 Å². The van der Waals surface area contributed by atoms with Gasteiger partial charge in [-0.15, -0.1) is 0 Å². The van der Waals surface area contributed by atoms with Gasteiger partial charge in [-0.3, -0.25) is 0 Å². The molecule has 2 heterocycles. The Hall–Kier alpha value is -2.69. The van der Waals surface area contributed by atoms with Crippen LogP contribution in [-0.2, 0) is 17.7 Å². The average Bonchev–Trinajstić information content (AvgIpc) is 2.60. The minimum Gasteiger partial charge on any atom is -0.444 e. The molecule has 26 heavy (non-hydrogen) atoms. The lowest BCUT2D eigenvalue weighted by molar-refractivity contribution is 0.0223. The molecule has 136 valence electrons. The quantitative estimate of drug-likeness (QED) is 0.748. The fourth-order valence-electron chi connectivity index (χ4n) is 2.86. The van der Waals surface area contributed by atoms with Crippen molar-refractivity contribution in [3.8, 4) is 0 Å². The maximum Gasteiger partial charge on any atom is 0.410 e. The molecule has 0 N–H and O–H groups in total. The van der Waals surface area contributed by atoms with Crippen LogP contribution < -0.4 is 0 Å². The first-order valence-electron chi connectivity index (χ1n) is 8.89. The average molecular weight is 351 g/mol. The number of ether oxygens (including phenoxy) is 1. The molecule has 0 aliphatic carbocycles. The molecule has 0 radical (unpaired) electrons. The highest BCUT2D eigenvalue weighted by Crippen LogP contribution is 2.23. The summed E-state index contributed by atoms with van der Waals surface area (Å²) in [6.07, 6.45) is 0.438. The molecule has 1 aliphatic heterocycles. The summed E-state index contributed by atoms with van der Waals surface area (Å²) in [6.45, 7) is 8.76. The first-order chi connectivity index (χ1) is 12.3. The zero-order valence-electron chi connectivity index (χ0n) is 15.8. The van der Waals surface area contributed by atoms with E-state index < -0.39 is 5.60 Å². The predicted octanol–water partition coefficient (Wildman–Crippen LogP) is 4.52. The summed E-state index contributed by atoms with van der Waals surface area (Å²) >= 11 is 0. The minimum absolute atomic E-state index is 0.273. The number of fused-ring (bicyclic) bond motifs is 1. The monoisotopic (exact) mass is 351 g/mol.